The van der Waals surface area contributed by atoms with E-state index in [0.717, 1.165) is 30.3 Å². The number of amidine groups is 1. The Bertz CT molecular complexity index is 916. The van der Waals surface area contributed by atoms with E-state index in [-0.39, 0.29) is 17.9 Å². The van der Waals surface area contributed by atoms with Gasteiger partial charge in [0, 0.05) is 12.7 Å². The van der Waals surface area contributed by atoms with E-state index in [1.165, 1.54) is 18.3 Å². The maximum Gasteiger partial charge on any atom is 0.416 e. The van der Waals surface area contributed by atoms with Gasteiger partial charge in [0.15, 0.2) is 0 Å². The summed E-state index contributed by atoms with van der Waals surface area (Å²) in [6, 6.07) is 6.65. The van der Waals surface area contributed by atoms with E-state index < -0.39 is 34.8 Å². The third kappa shape index (κ3) is 6.98. The molecule has 3 N–H and O–H groups in total. The van der Waals surface area contributed by atoms with Crippen LogP contribution in [0.15, 0.2) is 53.7 Å². The average Bonchev–Trinajstić information content (AvgIpc) is 2.66. The van der Waals surface area contributed by atoms with Crippen LogP contribution in [0.4, 0.5) is 22.0 Å². The highest BCUT2D eigenvalue weighted by Gasteiger charge is 2.32. The monoisotopic (exact) mass is 427 g/mol. The summed E-state index contributed by atoms with van der Waals surface area (Å²) < 4.78 is 66.0. The summed E-state index contributed by atoms with van der Waals surface area (Å²) in [6.45, 7) is 5.51. The van der Waals surface area contributed by atoms with Crippen molar-refractivity contribution in [2.45, 2.75) is 33.5 Å². The fourth-order valence-electron chi connectivity index (χ4n) is 2.37. The largest absolute Gasteiger partial charge is 0.416 e. The first-order valence-electron chi connectivity index (χ1n) is 8.98. The van der Waals surface area contributed by atoms with E-state index in [9.17, 15) is 26.7 Å². The zero-order valence-electron chi connectivity index (χ0n) is 16.6. The van der Waals surface area contributed by atoms with Crippen LogP contribution in [0.25, 0.3) is 0 Å². The molecule has 162 valence electrons. The van der Waals surface area contributed by atoms with Crippen LogP contribution in [0.3, 0.4) is 0 Å². The second kappa shape index (κ2) is 11.1. The number of rotatable bonds is 5. The molecule has 0 unspecified atom stereocenters. The van der Waals surface area contributed by atoms with E-state index in [0.29, 0.717) is 5.56 Å². The molecule has 0 fully saturated rings. The molecule has 4 nitrogen and oxygen atoms in total. The van der Waals surface area contributed by atoms with Gasteiger partial charge in [0.25, 0.3) is 5.91 Å². The van der Waals surface area contributed by atoms with E-state index in [1.807, 2.05) is 13.8 Å². The Labute approximate surface area is 171 Å². The Balaban J connectivity index is 0.00000218. The molecule has 9 heteroatoms. The predicted octanol–water partition coefficient (Wildman–Crippen LogP) is 5.12. The van der Waals surface area contributed by atoms with Gasteiger partial charge in [0.2, 0.25) is 0 Å². The molecule has 1 amide bonds. The van der Waals surface area contributed by atoms with Gasteiger partial charge < -0.3 is 11.1 Å². The van der Waals surface area contributed by atoms with E-state index in [1.54, 1.807) is 6.92 Å². The number of hydrogen-bond donors (Lipinski definition) is 2. The number of nitrogens with one attached hydrogen (secondary N) is 1. The second-order valence-corrected chi connectivity index (χ2v) is 5.81. The summed E-state index contributed by atoms with van der Waals surface area (Å²) in [5.74, 6) is -3.75. The van der Waals surface area contributed by atoms with Crippen molar-refractivity contribution in [3.05, 3.63) is 82.6 Å². The molecule has 0 heterocycles. The molecule has 30 heavy (non-hydrogen) atoms. The lowest BCUT2D eigenvalue weighted by molar-refractivity contribution is -0.138. The summed E-state index contributed by atoms with van der Waals surface area (Å²) in [5.41, 5.74) is 4.56. The van der Waals surface area contributed by atoms with E-state index in [4.69, 9.17) is 5.73 Å². The number of nitrogens with two attached hydrogens (primary N) is 1. The van der Waals surface area contributed by atoms with Gasteiger partial charge in [0.1, 0.15) is 23.0 Å². The Morgan fingerprint density at radius 1 is 1.13 bits per heavy atom. The number of carbonyl (C=O) groups excluding carboxylic acids is 1. The minimum Gasteiger partial charge on any atom is -0.387 e. The molecule has 2 aromatic carbocycles. The molecular formula is C21H22F5N3O. The number of amides is 1. The quantitative estimate of drug-likeness (QED) is 0.395. The molecule has 0 spiro atoms. The van der Waals surface area contributed by atoms with Crippen molar-refractivity contribution in [3.8, 4) is 0 Å². The van der Waals surface area contributed by atoms with Crippen molar-refractivity contribution < 1.29 is 26.7 Å². The number of nitrogens with zero attached hydrogens (tertiary/aromatic N) is 1. The summed E-state index contributed by atoms with van der Waals surface area (Å²) in [7, 11) is 0. The van der Waals surface area contributed by atoms with Crippen LogP contribution >= 0.6 is 0 Å². The predicted molar refractivity (Wildman–Crippen MR) is 106 cm³/mol. The third-order valence-corrected chi connectivity index (χ3v) is 3.64. The van der Waals surface area contributed by atoms with Gasteiger partial charge in [-0.3, -0.25) is 4.79 Å². The number of halogens is 5. The number of alkyl halides is 3. The average molecular weight is 427 g/mol. The van der Waals surface area contributed by atoms with Crippen LogP contribution in [0.5, 0.6) is 0 Å². The maximum absolute atomic E-state index is 13.5. The molecule has 0 radical (unpaired) electrons. The van der Waals surface area contributed by atoms with Crippen molar-refractivity contribution in [1.82, 2.24) is 5.32 Å². The zero-order valence-corrected chi connectivity index (χ0v) is 16.6. The van der Waals surface area contributed by atoms with Crippen LogP contribution in [-0.4, -0.2) is 11.7 Å². The Hall–Kier alpha value is -3.23. The number of aliphatic imine (C=N–C) groups is 1. The number of hydrogen-bond acceptors (Lipinski definition) is 2. The van der Waals surface area contributed by atoms with Gasteiger partial charge in [-0.05, 0) is 36.8 Å². The molecule has 0 saturated heterocycles. The van der Waals surface area contributed by atoms with Crippen LogP contribution < -0.4 is 11.1 Å². The van der Waals surface area contributed by atoms with Crippen molar-refractivity contribution in [2.75, 3.05) is 0 Å². The van der Waals surface area contributed by atoms with Gasteiger partial charge in [-0.25, -0.2) is 8.78 Å². The van der Waals surface area contributed by atoms with Crippen molar-refractivity contribution in [2.24, 2.45) is 10.7 Å². The summed E-state index contributed by atoms with van der Waals surface area (Å²) in [5, 5.41) is 2.61. The highest BCUT2D eigenvalue weighted by molar-refractivity contribution is 6.06. The number of benzene rings is 2. The van der Waals surface area contributed by atoms with Gasteiger partial charge >= 0.3 is 6.18 Å². The Morgan fingerprint density at radius 2 is 1.73 bits per heavy atom. The smallest absolute Gasteiger partial charge is 0.387 e. The molecule has 0 atom stereocenters. The molecule has 0 aliphatic carbocycles. The van der Waals surface area contributed by atoms with Crippen LogP contribution in [0, 0.1) is 18.6 Å². The van der Waals surface area contributed by atoms with Gasteiger partial charge in [-0.15, -0.1) is 0 Å². The highest BCUT2D eigenvalue weighted by atomic mass is 19.4. The van der Waals surface area contributed by atoms with Gasteiger partial charge in [-0.2, -0.15) is 18.2 Å². The standard InChI is InChI=1S/C19H16F5N3O.C2H6/c1-11-5-6-13(19(22,23)24)12(9-11)10-26-8-7-16(25)27-18(28)17-14(20)3-2-4-15(17)21;1-2/h2-9,26H,10H2,1H3,(H2,25,27,28);1-2H3/b8-7-;. The topological polar surface area (TPSA) is 67.5 Å². The molecule has 0 bridgehead atoms. The number of carbonyl (C=O) groups is 1. The van der Waals surface area contributed by atoms with Crippen molar-refractivity contribution in [1.29, 1.82) is 0 Å². The van der Waals surface area contributed by atoms with E-state index in [2.05, 4.69) is 10.3 Å². The Kier molecular flexibility index (Phi) is 9.16. The summed E-state index contributed by atoms with van der Waals surface area (Å²) in [6.07, 6.45) is -2.21. The molecule has 0 aromatic heterocycles. The van der Waals surface area contributed by atoms with E-state index >= 15 is 0 Å². The minimum absolute atomic E-state index is 0.0252. The summed E-state index contributed by atoms with van der Waals surface area (Å²) in [4.78, 5) is 15.2. The lowest BCUT2D eigenvalue weighted by Crippen LogP contribution is -2.16. The normalized spacial score (nSPS) is 11.8. The molecular weight excluding hydrogens is 405 g/mol. The molecule has 2 aromatic rings. The number of aryl methyl sites for hydroxylation is 1. The third-order valence-electron chi connectivity index (χ3n) is 3.64. The Morgan fingerprint density at radius 3 is 2.30 bits per heavy atom. The van der Waals surface area contributed by atoms with Crippen molar-refractivity contribution >= 4 is 11.7 Å². The van der Waals surface area contributed by atoms with Gasteiger partial charge in [0.05, 0.1) is 5.56 Å². The van der Waals surface area contributed by atoms with Crippen LogP contribution in [-0.2, 0) is 12.7 Å². The molecule has 0 aliphatic rings. The molecule has 0 aliphatic heterocycles. The van der Waals surface area contributed by atoms with Crippen LogP contribution in [0.2, 0.25) is 0 Å². The maximum atomic E-state index is 13.5. The fourth-order valence-corrected chi connectivity index (χ4v) is 2.37. The first-order valence-corrected chi connectivity index (χ1v) is 8.98. The second-order valence-electron chi connectivity index (χ2n) is 5.81. The SMILES string of the molecule is CC.Cc1ccc(C(F)(F)F)c(CN/C=C\C(N)=NC(=O)c2c(F)cccc2F)c1. The lowest BCUT2D eigenvalue weighted by Gasteiger charge is -2.13. The van der Waals surface area contributed by atoms with Crippen molar-refractivity contribution in [3.63, 3.8) is 0 Å². The van der Waals surface area contributed by atoms with Crippen LogP contribution in [0.1, 0.15) is 40.9 Å². The fraction of sp³-hybridized carbons (Fsp3) is 0.238. The lowest BCUT2D eigenvalue weighted by atomic mass is 10.0. The first kappa shape index (κ1) is 24.8. The minimum atomic E-state index is -4.49. The molecule has 2 rings (SSSR count). The zero-order chi connectivity index (χ0) is 22.9. The summed E-state index contributed by atoms with van der Waals surface area (Å²) >= 11 is 0. The highest BCUT2D eigenvalue weighted by Crippen LogP contribution is 2.32. The first-order chi connectivity index (χ1) is 14.1. The van der Waals surface area contributed by atoms with Gasteiger partial charge in [-0.1, -0.05) is 37.6 Å². The molecule has 0 saturated carbocycles.